The van der Waals surface area contributed by atoms with Gasteiger partial charge in [0, 0.05) is 23.1 Å². The Morgan fingerprint density at radius 2 is 1.71 bits per heavy atom. The molecule has 2 N–H and O–H groups in total. The van der Waals surface area contributed by atoms with E-state index in [1.54, 1.807) is 18.2 Å². The van der Waals surface area contributed by atoms with Crippen molar-refractivity contribution in [3.8, 4) is 11.5 Å². The fraction of sp³-hybridized carbons (Fsp3) is 0.211. The van der Waals surface area contributed by atoms with Gasteiger partial charge in [-0.1, -0.05) is 24.3 Å². The van der Waals surface area contributed by atoms with Gasteiger partial charge in [0.05, 0.1) is 14.2 Å². The molecule has 0 atom stereocenters. The maximum absolute atomic E-state index is 12.7. The molecule has 1 heterocycles. The predicted molar refractivity (Wildman–Crippen MR) is 93.8 cm³/mol. The summed E-state index contributed by atoms with van der Waals surface area (Å²) in [5.41, 5.74) is 3.59. The van der Waals surface area contributed by atoms with Crippen molar-refractivity contribution >= 4 is 16.8 Å². The zero-order chi connectivity index (χ0) is 17.1. The first-order valence-electron chi connectivity index (χ1n) is 7.71. The smallest absolute Gasteiger partial charge is 0.259 e. The molecule has 1 aromatic heterocycles. The normalized spacial score (nSPS) is 10.6. The third kappa shape index (κ3) is 2.80. The van der Waals surface area contributed by atoms with E-state index in [0.29, 0.717) is 23.6 Å². The number of nitrogens with one attached hydrogen (secondary N) is 2. The highest BCUT2D eigenvalue weighted by Gasteiger charge is 2.18. The first kappa shape index (κ1) is 15.9. The van der Waals surface area contributed by atoms with Crippen LogP contribution in [0.3, 0.4) is 0 Å². The van der Waals surface area contributed by atoms with E-state index < -0.39 is 0 Å². The molecule has 0 unspecified atom stereocenters. The van der Waals surface area contributed by atoms with Crippen LogP contribution in [0.25, 0.3) is 10.9 Å². The number of hydrogen-bond acceptors (Lipinski definition) is 3. The molecule has 0 radical (unpaired) electrons. The van der Waals surface area contributed by atoms with Crippen LogP contribution in [0, 0.1) is 6.92 Å². The van der Waals surface area contributed by atoms with Crippen LogP contribution in [0.15, 0.2) is 42.5 Å². The second kappa shape index (κ2) is 6.66. The van der Waals surface area contributed by atoms with Crippen molar-refractivity contribution in [1.29, 1.82) is 0 Å². The van der Waals surface area contributed by atoms with Crippen molar-refractivity contribution in [3.63, 3.8) is 0 Å². The molecular weight excluding hydrogens is 304 g/mol. The number of aryl methyl sites for hydroxylation is 1. The molecule has 0 saturated heterocycles. The van der Waals surface area contributed by atoms with E-state index in [0.717, 1.165) is 22.2 Å². The van der Waals surface area contributed by atoms with Crippen LogP contribution < -0.4 is 14.8 Å². The minimum absolute atomic E-state index is 0.228. The van der Waals surface area contributed by atoms with Crippen molar-refractivity contribution in [1.82, 2.24) is 10.3 Å². The number of rotatable bonds is 5. The summed E-state index contributed by atoms with van der Waals surface area (Å²) in [6.07, 6.45) is 0. The predicted octanol–water partition coefficient (Wildman–Crippen LogP) is 3.42. The molecule has 124 valence electrons. The molecule has 3 aromatic rings. The summed E-state index contributed by atoms with van der Waals surface area (Å²) in [4.78, 5) is 16.0. The third-order valence-corrected chi connectivity index (χ3v) is 4.11. The molecule has 0 aliphatic carbocycles. The number of amides is 1. The zero-order valence-corrected chi connectivity index (χ0v) is 14.0. The number of aromatic amines is 1. The number of methoxy groups -OCH3 is 2. The van der Waals surface area contributed by atoms with Crippen molar-refractivity contribution < 1.29 is 14.3 Å². The number of carbonyl (C=O) groups excluding carboxylic acids is 1. The lowest BCUT2D eigenvalue weighted by atomic mass is 10.1. The number of benzene rings is 2. The molecule has 0 aliphatic rings. The van der Waals surface area contributed by atoms with Crippen molar-refractivity contribution in [2.75, 3.05) is 14.2 Å². The lowest BCUT2D eigenvalue weighted by molar-refractivity contribution is 0.0945. The first-order valence-corrected chi connectivity index (χ1v) is 7.71. The van der Waals surface area contributed by atoms with E-state index in [1.165, 1.54) is 14.2 Å². The SMILES string of the molecule is COc1cccc(OC)c1C(=O)NCc1c(C)[nH]c2ccccc12. The van der Waals surface area contributed by atoms with E-state index in [4.69, 9.17) is 9.47 Å². The molecule has 2 aromatic carbocycles. The quantitative estimate of drug-likeness (QED) is 0.756. The molecule has 0 spiro atoms. The molecule has 0 bridgehead atoms. The Bertz CT molecular complexity index is 861. The second-order valence-corrected chi connectivity index (χ2v) is 5.49. The number of hydrogen-bond donors (Lipinski definition) is 2. The summed E-state index contributed by atoms with van der Waals surface area (Å²) in [5.74, 6) is 0.749. The van der Waals surface area contributed by atoms with Gasteiger partial charge in [0.25, 0.3) is 5.91 Å². The molecule has 0 saturated carbocycles. The zero-order valence-electron chi connectivity index (χ0n) is 14.0. The molecule has 5 heteroatoms. The standard InChI is InChI=1S/C19H20N2O3/c1-12-14(13-7-4-5-8-15(13)21-12)11-20-19(22)18-16(23-2)9-6-10-17(18)24-3/h4-10,21H,11H2,1-3H3,(H,20,22). The van der Waals surface area contributed by atoms with Gasteiger partial charge in [0.2, 0.25) is 0 Å². The van der Waals surface area contributed by atoms with Crippen molar-refractivity contribution in [2.24, 2.45) is 0 Å². The summed E-state index contributed by atoms with van der Waals surface area (Å²) in [6.45, 7) is 2.43. The van der Waals surface area contributed by atoms with Gasteiger partial charge in [-0.15, -0.1) is 0 Å². The number of aromatic nitrogens is 1. The lowest BCUT2D eigenvalue weighted by Gasteiger charge is -2.13. The Balaban J connectivity index is 1.87. The van der Waals surface area contributed by atoms with Gasteiger partial charge < -0.3 is 19.8 Å². The Labute approximate surface area is 140 Å². The van der Waals surface area contributed by atoms with E-state index in [1.807, 2.05) is 31.2 Å². The first-order chi connectivity index (χ1) is 11.7. The van der Waals surface area contributed by atoms with Gasteiger partial charge in [-0.05, 0) is 30.7 Å². The molecular formula is C19H20N2O3. The average Bonchev–Trinajstić information content (AvgIpc) is 2.94. The van der Waals surface area contributed by atoms with Crippen LogP contribution in [0.5, 0.6) is 11.5 Å². The maximum atomic E-state index is 12.7. The molecule has 5 nitrogen and oxygen atoms in total. The highest BCUT2D eigenvalue weighted by Crippen LogP contribution is 2.28. The number of fused-ring (bicyclic) bond motifs is 1. The minimum Gasteiger partial charge on any atom is -0.496 e. The summed E-state index contributed by atoms with van der Waals surface area (Å²) >= 11 is 0. The van der Waals surface area contributed by atoms with E-state index in [2.05, 4.69) is 10.3 Å². The number of H-pyrrole nitrogens is 1. The molecule has 0 fully saturated rings. The van der Waals surface area contributed by atoms with Gasteiger partial charge in [0.1, 0.15) is 17.1 Å². The second-order valence-electron chi connectivity index (χ2n) is 5.49. The van der Waals surface area contributed by atoms with Gasteiger partial charge in [-0.25, -0.2) is 0 Å². The average molecular weight is 324 g/mol. The topological polar surface area (TPSA) is 63.4 Å². The molecule has 1 amide bonds. The molecule has 3 rings (SSSR count). The third-order valence-electron chi connectivity index (χ3n) is 4.11. The minimum atomic E-state index is -0.228. The Kier molecular flexibility index (Phi) is 4.42. The number of carbonyl (C=O) groups is 1. The van der Waals surface area contributed by atoms with Crippen LogP contribution in [-0.2, 0) is 6.54 Å². The summed E-state index contributed by atoms with van der Waals surface area (Å²) in [6, 6.07) is 13.3. The summed E-state index contributed by atoms with van der Waals surface area (Å²) in [7, 11) is 3.07. The Morgan fingerprint density at radius 3 is 2.38 bits per heavy atom. The van der Waals surface area contributed by atoms with Crippen molar-refractivity contribution in [2.45, 2.75) is 13.5 Å². The number of para-hydroxylation sites is 1. The van der Waals surface area contributed by atoms with Crippen LogP contribution >= 0.6 is 0 Å². The van der Waals surface area contributed by atoms with Crippen molar-refractivity contribution in [3.05, 3.63) is 59.3 Å². The van der Waals surface area contributed by atoms with E-state index in [9.17, 15) is 4.79 Å². The highest BCUT2D eigenvalue weighted by atomic mass is 16.5. The fourth-order valence-corrected chi connectivity index (χ4v) is 2.89. The van der Waals surface area contributed by atoms with Crippen LogP contribution in [0.2, 0.25) is 0 Å². The van der Waals surface area contributed by atoms with Crippen LogP contribution in [0.4, 0.5) is 0 Å². The fourth-order valence-electron chi connectivity index (χ4n) is 2.89. The van der Waals surface area contributed by atoms with Gasteiger partial charge in [0.15, 0.2) is 0 Å². The van der Waals surface area contributed by atoms with Gasteiger partial charge in [-0.2, -0.15) is 0 Å². The number of ether oxygens (including phenoxy) is 2. The maximum Gasteiger partial charge on any atom is 0.259 e. The van der Waals surface area contributed by atoms with Crippen LogP contribution in [-0.4, -0.2) is 25.1 Å². The molecule has 0 aliphatic heterocycles. The lowest BCUT2D eigenvalue weighted by Crippen LogP contribution is -2.24. The summed E-state index contributed by atoms with van der Waals surface area (Å²) < 4.78 is 10.6. The summed E-state index contributed by atoms with van der Waals surface area (Å²) in [5, 5.41) is 4.08. The largest absolute Gasteiger partial charge is 0.496 e. The highest BCUT2D eigenvalue weighted by molar-refractivity contribution is 6.00. The Hall–Kier alpha value is -2.95. The van der Waals surface area contributed by atoms with Crippen LogP contribution in [0.1, 0.15) is 21.6 Å². The van der Waals surface area contributed by atoms with Gasteiger partial charge in [-0.3, -0.25) is 4.79 Å². The Morgan fingerprint density at radius 1 is 1.04 bits per heavy atom. The van der Waals surface area contributed by atoms with E-state index >= 15 is 0 Å². The van der Waals surface area contributed by atoms with E-state index in [-0.39, 0.29) is 5.91 Å². The van der Waals surface area contributed by atoms with Gasteiger partial charge >= 0.3 is 0 Å². The monoisotopic (exact) mass is 324 g/mol. The molecule has 24 heavy (non-hydrogen) atoms.